The molecule has 1 saturated heterocycles. The summed E-state index contributed by atoms with van der Waals surface area (Å²) in [6.07, 6.45) is 0. The smallest absolute Gasteiger partial charge is 0.231 e. The molecule has 5 nitrogen and oxygen atoms in total. The monoisotopic (exact) mass is 367 g/mol. The molecule has 1 aliphatic heterocycles. The van der Waals surface area contributed by atoms with Crippen LogP contribution in [0.25, 0.3) is 10.2 Å². The first-order valence-corrected chi connectivity index (χ1v) is 9.60. The van der Waals surface area contributed by atoms with E-state index in [2.05, 4.69) is 40.3 Å². The number of ether oxygens (including phenoxy) is 1. The fourth-order valence-electron chi connectivity index (χ4n) is 3.00. The van der Waals surface area contributed by atoms with Crippen LogP contribution in [-0.4, -0.2) is 30.6 Å². The number of benzene rings is 2. The zero-order valence-corrected chi connectivity index (χ0v) is 15.7. The van der Waals surface area contributed by atoms with E-state index in [-0.39, 0.29) is 11.8 Å². The topological polar surface area (TPSA) is 54.5 Å². The Morgan fingerprint density at radius 2 is 2.04 bits per heavy atom. The molecule has 1 aromatic heterocycles. The summed E-state index contributed by atoms with van der Waals surface area (Å²) in [6.45, 7) is 6.09. The molecule has 2 aromatic carbocycles. The molecule has 134 valence electrons. The average molecular weight is 367 g/mol. The number of nitrogens with zero attached hydrogens (tertiary/aromatic N) is 2. The Morgan fingerprint density at radius 1 is 1.27 bits per heavy atom. The quantitative estimate of drug-likeness (QED) is 0.738. The minimum atomic E-state index is -0.00434. The fourth-order valence-corrected chi connectivity index (χ4v) is 4.08. The van der Waals surface area contributed by atoms with E-state index in [4.69, 9.17) is 4.74 Å². The molecule has 0 atom stereocenters. The number of anilines is 2. The summed E-state index contributed by atoms with van der Waals surface area (Å²) < 4.78 is 6.61. The van der Waals surface area contributed by atoms with Gasteiger partial charge >= 0.3 is 0 Å². The second-order valence-electron chi connectivity index (χ2n) is 6.52. The summed E-state index contributed by atoms with van der Waals surface area (Å²) in [5, 5.41) is 3.98. The first-order valence-electron chi connectivity index (χ1n) is 8.78. The van der Waals surface area contributed by atoms with Gasteiger partial charge in [-0.2, -0.15) is 0 Å². The molecule has 0 unspecified atom stereocenters. The molecule has 0 spiro atoms. The lowest BCUT2D eigenvalue weighted by atomic mass is 10.00. The minimum absolute atomic E-state index is 0.00434. The van der Waals surface area contributed by atoms with E-state index in [1.54, 1.807) is 11.3 Å². The van der Waals surface area contributed by atoms with Crippen LogP contribution >= 0.6 is 11.3 Å². The molecule has 1 aliphatic rings. The molecule has 1 fully saturated rings. The number of hydrogen-bond acceptors (Lipinski definition) is 5. The summed E-state index contributed by atoms with van der Waals surface area (Å²) in [7, 11) is 0. The third kappa shape index (κ3) is 3.37. The highest BCUT2D eigenvalue weighted by atomic mass is 32.1. The predicted molar refractivity (Wildman–Crippen MR) is 106 cm³/mol. The molecule has 1 amide bonds. The van der Waals surface area contributed by atoms with Crippen LogP contribution in [0.4, 0.5) is 10.8 Å². The maximum absolute atomic E-state index is 12.4. The number of fused-ring (bicyclic) bond motifs is 1. The number of carbonyl (C=O) groups is 1. The second kappa shape index (κ2) is 6.96. The van der Waals surface area contributed by atoms with Crippen molar-refractivity contribution < 1.29 is 9.53 Å². The Kier molecular flexibility index (Phi) is 4.51. The van der Waals surface area contributed by atoms with Gasteiger partial charge in [-0.3, -0.25) is 4.79 Å². The van der Waals surface area contributed by atoms with Crippen LogP contribution < -0.4 is 15.0 Å². The van der Waals surface area contributed by atoms with Gasteiger partial charge in [-0.1, -0.05) is 17.4 Å². The molecule has 0 bridgehead atoms. The van der Waals surface area contributed by atoms with Crippen molar-refractivity contribution in [2.45, 2.75) is 13.8 Å². The van der Waals surface area contributed by atoms with Gasteiger partial charge in [0, 0.05) is 18.8 Å². The summed E-state index contributed by atoms with van der Waals surface area (Å²) in [6, 6.07) is 13.8. The third-order valence-electron chi connectivity index (χ3n) is 4.49. The van der Waals surface area contributed by atoms with Crippen molar-refractivity contribution in [1.82, 2.24) is 4.98 Å². The van der Waals surface area contributed by atoms with Gasteiger partial charge in [0.15, 0.2) is 5.13 Å². The highest BCUT2D eigenvalue weighted by molar-refractivity contribution is 7.22. The van der Waals surface area contributed by atoms with Crippen LogP contribution in [0.3, 0.4) is 0 Å². The fraction of sp³-hybridized carbons (Fsp3) is 0.300. The van der Waals surface area contributed by atoms with Gasteiger partial charge in [0.1, 0.15) is 5.75 Å². The van der Waals surface area contributed by atoms with Crippen molar-refractivity contribution in [2.24, 2.45) is 5.92 Å². The normalized spacial score (nSPS) is 14.3. The Labute approximate surface area is 156 Å². The van der Waals surface area contributed by atoms with Crippen molar-refractivity contribution in [3.05, 3.63) is 48.0 Å². The lowest BCUT2D eigenvalue weighted by molar-refractivity contribution is -0.120. The van der Waals surface area contributed by atoms with Crippen molar-refractivity contribution in [1.29, 1.82) is 0 Å². The number of aryl methyl sites for hydroxylation is 1. The van der Waals surface area contributed by atoms with Crippen LogP contribution in [0.5, 0.6) is 5.75 Å². The number of hydrogen-bond donors (Lipinski definition) is 1. The maximum atomic E-state index is 12.4. The first-order chi connectivity index (χ1) is 12.6. The van der Waals surface area contributed by atoms with Crippen molar-refractivity contribution in [3.8, 4) is 5.75 Å². The van der Waals surface area contributed by atoms with Gasteiger partial charge in [0.05, 0.1) is 22.7 Å². The Bertz CT molecular complexity index is 930. The van der Waals surface area contributed by atoms with Gasteiger partial charge in [0.25, 0.3) is 0 Å². The molecule has 4 rings (SSSR count). The molecule has 1 N–H and O–H groups in total. The van der Waals surface area contributed by atoms with Crippen LogP contribution in [0.1, 0.15) is 12.5 Å². The largest absolute Gasteiger partial charge is 0.494 e. The summed E-state index contributed by atoms with van der Waals surface area (Å²) in [4.78, 5) is 19.3. The van der Waals surface area contributed by atoms with Crippen LogP contribution in [0, 0.1) is 12.8 Å². The molecule has 0 saturated carbocycles. The van der Waals surface area contributed by atoms with E-state index in [1.165, 1.54) is 10.3 Å². The molecule has 26 heavy (non-hydrogen) atoms. The molecule has 6 heteroatoms. The molecule has 3 aromatic rings. The van der Waals surface area contributed by atoms with Gasteiger partial charge in [0.2, 0.25) is 5.91 Å². The number of rotatable bonds is 5. The average Bonchev–Trinajstić information content (AvgIpc) is 2.98. The number of amides is 1. The number of nitrogens with one attached hydrogen (secondary N) is 1. The zero-order valence-electron chi connectivity index (χ0n) is 14.9. The maximum Gasteiger partial charge on any atom is 0.231 e. The van der Waals surface area contributed by atoms with E-state index in [0.29, 0.717) is 19.7 Å². The summed E-state index contributed by atoms with van der Waals surface area (Å²) in [5.41, 5.74) is 3.06. The minimum Gasteiger partial charge on any atom is -0.494 e. The van der Waals surface area contributed by atoms with E-state index in [0.717, 1.165) is 22.1 Å². The lowest BCUT2D eigenvalue weighted by Gasteiger charge is -2.37. The third-order valence-corrected chi connectivity index (χ3v) is 5.57. The van der Waals surface area contributed by atoms with E-state index in [1.807, 2.05) is 31.2 Å². The molecule has 2 heterocycles. The Morgan fingerprint density at radius 3 is 2.77 bits per heavy atom. The van der Waals surface area contributed by atoms with Crippen molar-refractivity contribution in [2.75, 3.05) is 29.9 Å². The van der Waals surface area contributed by atoms with Crippen molar-refractivity contribution in [3.63, 3.8) is 0 Å². The van der Waals surface area contributed by atoms with E-state index in [9.17, 15) is 4.79 Å². The summed E-state index contributed by atoms with van der Waals surface area (Å²) >= 11 is 1.69. The van der Waals surface area contributed by atoms with Crippen LogP contribution in [-0.2, 0) is 4.79 Å². The highest BCUT2D eigenvalue weighted by Gasteiger charge is 2.34. The number of carbonyl (C=O) groups excluding carboxylic acids is 1. The first kappa shape index (κ1) is 16.8. The SMILES string of the molecule is CCOc1ccc(NC(=O)C2CN(c3nc4ccc(C)cc4s3)C2)cc1. The zero-order chi connectivity index (χ0) is 18.1. The second-order valence-corrected chi connectivity index (χ2v) is 7.53. The highest BCUT2D eigenvalue weighted by Crippen LogP contribution is 2.33. The summed E-state index contributed by atoms with van der Waals surface area (Å²) in [5.74, 6) is 0.865. The van der Waals surface area contributed by atoms with Gasteiger partial charge in [-0.05, 0) is 55.8 Å². The van der Waals surface area contributed by atoms with Crippen LogP contribution in [0.2, 0.25) is 0 Å². The molecule has 0 radical (unpaired) electrons. The van der Waals surface area contributed by atoms with E-state index < -0.39 is 0 Å². The number of thiazole rings is 1. The lowest BCUT2D eigenvalue weighted by Crippen LogP contribution is -2.52. The Hall–Kier alpha value is -2.60. The van der Waals surface area contributed by atoms with Gasteiger partial charge in [-0.15, -0.1) is 0 Å². The van der Waals surface area contributed by atoms with Crippen molar-refractivity contribution >= 4 is 38.3 Å². The standard InChI is InChI=1S/C20H21N3O2S/c1-3-25-16-7-5-15(6-8-16)21-19(24)14-11-23(12-14)20-22-17-9-4-13(2)10-18(17)26-20/h4-10,14H,3,11-12H2,1-2H3,(H,21,24). The van der Waals surface area contributed by atoms with Gasteiger partial charge < -0.3 is 15.0 Å². The molecule has 0 aliphatic carbocycles. The Balaban J connectivity index is 1.35. The molecular formula is C20H21N3O2S. The van der Waals surface area contributed by atoms with Gasteiger partial charge in [-0.25, -0.2) is 4.98 Å². The van der Waals surface area contributed by atoms with Crippen LogP contribution in [0.15, 0.2) is 42.5 Å². The number of aromatic nitrogens is 1. The predicted octanol–water partition coefficient (Wildman–Crippen LogP) is 4.08. The molecular weight excluding hydrogens is 346 g/mol. The van der Waals surface area contributed by atoms with E-state index >= 15 is 0 Å².